The molecule has 0 saturated carbocycles. The van der Waals surface area contributed by atoms with Crippen LogP contribution >= 0.6 is 15.9 Å². The number of halogens is 1. The minimum atomic E-state index is 0.0915. The Balaban J connectivity index is 2.10. The van der Waals surface area contributed by atoms with Crippen molar-refractivity contribution >= 4 is 21.8 Å². The van der Waals surface area contributed by atoms with Gasteiger partial charge in [0.25, 0.3) is 5.91 Å². The molecule has 2 rings (SSSR count). The lowest BCUT2D eigenvalue weighted by molar-refractivity contribution is 0.0599. The Morgan fingerprint density at radius 1 is 1.59 bits per heavy atom. The molecule has 4 nitrogen and oxygen atoms in total. The van der Waals surface area contributed by atoms with Crippen LogP contribution in [0, 0.1) is 0 Å². The van der Waals surface area contributed by atoms with Crippen LogP contribution in [0.1, 0.15) is 36.2 Å². The van der Waals surface area contributed by atoms with E-state index in [4.69, 9.17) is 5.73 Å². The van der Waals surface area contributed by atoms with Gasteiger partial charge in [0.15, 0.2) is 0 Å². The Bertz CT molecular complexity index is 389. The van der Waals surface area contributed by atoms with Crippen LogP contribution in [-0.2, 0) is 0 Å². The van der Waals surface area contributed by atoms with E-state index in [9.17, 15) is 4.79 Å². The zero-order chi connectivity index (χ0) is 12.3. The third-order valence-corrected chi connectivity index (χ3v) is 3.72. The molecule has 1 fully saturated rings. The van der Waals surface area contributed by atoms with E-state index in [1.165, 1.54) is 6.42 Å². The van der Waals surface area contributed by atoms with Crippen LogP contribution in [0.4, 0.5) is 0 Å². The third-order valence-electron chi connectivity index (χ3n) is 3.27. The van der Waals surface area contributed by atoms with Gasteiger partial charge < -0.3 is 15.6 Å². The van der Waals surface area contributed by atoms with Gasteiger partial charge in [0, 0.05) is 23.3 Å². The van der Waals surface area contributed by atoms with Crippen LogP contribution in [0.25, 0.3) is 0 Å². The molecule has 1 aromatic rings. The van der Waals surface area contributed by atoms with Crippen LogP contribution in [0.15, 0.2) is 16.7 Å². The third kappa shape index (κ3) is 2.90. The molecule has 1 aliphatic heterocycles. The first kappa shape index (κ1) is 12.6. The number of H-pyrrole nitrogens is 1. The smallest absolute Gasteiger partial charge is 0.270 e. The first-order valence-corrected chi connectivity index (χ1v) is 6.86. The van der Waals surface area contributed by atoms with Gasteiger partial charge in [-0.05, 0) is 54.2 Å². The summed E-state index contributed by atoms with van der Waals surface area (Å²) >= 11 is 3.35. The highest BCUT2D eigenvalue weighted by Crippen LogP contribution is 2.22. The molecule has 94 valence electrons. The highest BCUT2D eigenvalue weighted by molar-refractivity contribution is 9.10. The highest BCUT2D eigenvalue weighted by atomic mass is 79.9. The number of hydrogen-bond acceptors (Lipinski definition) is 2. The molecule has 1 unspecified atom stereocenters. The number of likely N-dealkylation sites (tertiary alicyclic amines) is 1. The number of hydrogen-bond donors (Lipinski definition) is 2. The summed E-state index contributed by atoms with van der Waals surface area (Å²) in [5.41, 5.74) is 6.26. The first-order valence-electron chi connectivity index (χ1n) is 6.07. The van der Waals surface area contributed by atoms with Crippen LogP contribution in [0.5, 0.6) is 0 Å². The molecule has 1 saturated heterocycles. The van der Waals surface area contributed by atoms with Crippen molar-refractivity contribution in [1.82, 2.24) is 9.88 Å². The molecular formula is C12H18BrN3O. The van der Waals surface area contributed by atoms with E-state index >= 15 is 0 Å². The number of amides is 1. The molecule has 17 heavy (non-hydrogen) atoms. The average molecular weight is 300 g/mol. The largest absolute Gasteiger partial charge is 0.356 e. The second kappa shape index (κ2) is 5.69. The number of carbonyl (C=O) groups is 1. The van der Waals surface area contributed by atoms with Gasteiger partial charge in [-0.3, -0.25) is 4.79 Å². The summed E-state index contributed by atoms with van der Waals surface area (Å²) in [6.45, 7) is 1.49. The molecule has 1 aromatic heterocycles. The van der Waals surface area contributed by atoms with Crippen molar-refractivity contribution in [3.05, 3.63) is 22.4 Å². The van der Waals surface area contributed by atoms with Crippen molar-refractivity contribution in [2.45, 2.75) is 31.7 Å². The van der Waals surface area contributed by atoms with Crippen molar-refractivity contribution in [2.24, 2.45) is 5.73 Å². The number of nitrogens with two attached hydrogens (primary N) is 1. The fraction of sp³-hybridized carbons (Fsp3) is 0.583. The van der Waals surface area contributed by atoms with Crippen LogP contribution in [0.2, 0.25) is 0 Å². The van der Waals surface area contributed by atoms with Gasteiger partial charge in [0.1, 0.15) is 5.69 Å². The zero-order valence-electron chi connectivity index (χ0n) is 9.79. The molecule has 0 bridgehead atoms. The van der Waals surface area contributed by atoms with Gasteiger partial charge >= 0.3 is 0 Å². The van der Waals surface area contributed by atoms with Gasteiger partial charge in [-0.25, -0.2) is 0 Å². The summed E-state index contributed by atoms with van der Waals surface area (Å²) in [5, 5.41) is 0. The van der Waals surface area contributed by atoms with E-state index in [0.29, 0.717) is 18.3 Å². The number of nitrogens with one attached hydrogen (secondary N) is 1. The minimum Gasteiger partial charge on any atom is -0.356 e. The summed E-state index contributed by atoms with van der Waals surface area (Å²) in [6.07, 6.45) is 6.05. The molecule has 1 aliphatic rings. The Morgan fingerprint density at radius 2 is 2.41 bits per heavy atom. The van der Waals surface area contributed by atoms with Gasteiger partial charge in [0.2, 0.25) is 0 Å². The molecule has 3 N–H and O–H groups in total. The van der Waals surface area contributed by atoms with Gasteiger partial charge in [0.05, 0.1) is 0 Å². The summed E-state index contributed by atoms with van der Waals surface area (Å²) in [5.74, 6) is 0.0915. The van der Waals surface area contributed by atoms with Gasteiger partial charge in [-0.1, -0.05) is 0 Å². The van der Waals surface area contributed by atoms with Crippen molar-refractivity contribution in [1.29, 1.82) is 0 Å². The quantitative estimate of drug-likeness (QED) is 0.898. The summed E-state index contributed by atoms with van der Waals surface area (Å²) in [6, 6.07) is 2.14. The van der Waals surface area contributed by atoms with Crippen molar-refractivity contribution < 1.29 is 4.79 Å². The standard InChI is InChI=1S/C12H18BrN3O/c13-9-7-11(15-8-9)12(17)16-6-2-1-3-10(16)4-5-14/h7-8,10,15H,1-6,14H2. The molecule has 5 heteroatoms. The minimum absolute atomic E-state index is 0.0915. The molecule has 0 aliphatic carbocycles. The number of rotatable bonds is 3. The lowest BCUT2D eigenvalue weighted by Crippen LogP contribution is -2.44. The molecule has 0 radical (unpaired) electrons. The number of nitrogens with zero attached hydrogens (tertiary/aromatic N) is 1. The summed E-state index contributed by atoms with van der Waals surface area (Å²) in [4.78, 5) is 17.3. The number of carbonyl (C=O) groups excluding carboxylic acids is 1. The van der Waals surface area contributed by atoms with E-state index in [1.54, 1.807) is 6.20 Å². The summed E-state index contributed by atoms with van der Waals surface area (Å²) in [7, 11) is 0. The zero-order valence-corrected chi connectivity index (χ0v) is 11.4. The maximum Gasteiger partial charge on any atom is 0.270 e. The van der Waals surface area contributed by atoms with Crippen LogP contribution in [-0.4, -0.2) is 34.9 Å². The van der Waals surface area contributed by atoms with Crippen LogP contribution in [0.3, 0.4) is 0 Å². The summed E-state index contributed by atoms with van der Waals surface area (Å²) < 4.78 is 0.910. The second-order valence-electron chi connectivity index (χ2n) is 4.46. The predicted octanol–water partition coefficient (Wildman–Crippen LogP) is 2.12. The van der Waals surface area contributed by atoms with Crippen molar-refractivity contribution in [3.8, 4) is 0 Å². The maximum absolute atomic E-state index is 12.3. The van der Waals surface area contributed by atoms with Crippen LogP contribution < -0.4 is 5.73 Å². The maximum atomic E-state index is 12.3. The lowest BCUT2D eigenvalue weighted by atomic mass is 9.99. The number of aromatic amines is 1. The molecule has 1 amide bonds. The Hall–Kier alpha value is -0.810. The topological polar surface area (TPSA) is 62.1 Å². The van der Waals surface area contributed by atoms with E-state index in [2.05, 4.69) is 20.9 Å². The molecule has 1 atom stereocenters. The molecule has 0 aromatic carbocycles. The van der Waals surface area contributed by atoms with E-state index in [-0.39, 0.29) is 5.91 Å². The first-order chi connectivity index (χ1) is 8.22. The van der Waals surface area contributed by atoms with Gasteiger partial charge in [-0.2, -0.15) is 0 Å². The Morgan fingerprint density at radius 3 is 3.06 bits per heavy atom. The monoisotopic (exact) mass is 299 g/mol. The van der Waals surface area contributed by atoms with E-state index in [0.717, 1.165) is 30.3 Å². The highest BCUT2D eigenvalue weighted by Gasteiger charge is 2.27. The molecule has 2 heterocycles. The Labute approximate surface area is 110 Å². The van der Waals surface area contributed by atoms with E-state index < -0.39 is 0 Å². The van der Waals surface area contributed by atoms with Crippen molar-refractivity contribution in [2.75, 3.05) is 13.1 Å². The second-order valence-corrected chi connectivity index (χ2v) is 5.37. The van der Waals surface area contributed by atoms with E-state index in [1.807, 2.05) is 11.0 Å². The normalized spacial score (nSPS) is 20.6. The fourth-order valence-electron chi connectivity index (χ4n) is 2.41. The SMILES string of the molecule is NCCC1CCCCN1C(=O)c1cc(Br)c[nH]1. The predicted molar refractivity (Wildman–Crippen MR) is 70.8 cm³/mol. The lowest BCUT2D eigenvalue weighted by Gasteiger charge is -2.35. The van der Waals surface area contributed by atoms with Gasteiger partial charge in [-0.15, -0.1) is 0 Å². The Kier molecular flexibility index (Phi) is 4.23. The molecule has 0 spiro atoms. The average Bonchev–Trinajstić information content (AvgIpc) is 2.76. The van der Waals surface area contributed by atoms with Crippen molar-refractivity contribution in [3.63, 3.8) is 0 Å². The molecular weight excluding hydrogens is 282 g/mol. The number of piperidine rings is 1. The number of aromatic nitrogens is 1. The fourth-order valence-corrected chi connectivity index (χ4v) is 2.75.